The number of hydrogen-bond acceptors (Lipinski definition) is 2. The van der Waals surface area contributed by atoms with Gasteiger partial charge in [-0.15, -0.1) is 0 Å². The Kier molecular flexibility index (Phi) is 2.79. The van der Waals surface area contributed by atoms with Crippen molar-refractivity contribution in [3.63, 3.8) is 0 Å². The number of pyridine rings is 1. The maximum absolute atomic E-state index is 10.1. The highest BCUT2D eigenvalue weighted by Gasteiger charge is 2.09. The molecule has 0 aliphatic rings. The van der Waals surface area contributed by atoms with Crippen LogP contribution in [0, 0.1) is 6.92 Å². The number of nitrogens with zero attached hydrogens (tertiary/aromatic N) is 1. The van der Waals surface area contributed by atoms with Gasteiger partial charge in [-0.3, -0.25) is 4.98 Å². The standard InChI is InChI=1S/C13H13NO/c1-10-3-2-4-12(9-10)13(15)11-5-7-14-8-6-11/h2-9,13,15H,1H3/t13-/m0/s1. The minimum atomic E-state index is -0.562. The van der Waals surface area contributed by atoms with Crippen LogP contribution in [-0.2, 0) is 0 Å². The van der Waals surface area contributed by atoms with E-state index in [1.165, 1.54) is 0 Å². The second kappa shape index (κ2) is 4.24. The van der Waals surface area contributed by atoms with Crippen LogP contribution in [-0.4, -0.2) is 10.1 Å². The molecule has 15 heavy (non-hydrogen) atoms. The number of aliphatic hydroxyl groups excluding tert-OH is 1. The zero-order valence-corrected chi connectivity index (χ0v) is 8.59. The van der Waals surface area contributed by atoms with Gasteiger partial charge in [0.2, 0.25) is 0 Å². The Balaban J connectivity index is 2.32. The van der Waals surface area contributed by atoms with Gasteiger partial charge in [0.1, 0.15) is 6.10 Å². The summed E-state index contributed by atoms with van der Waals surface area (Å²) in [4.78, 5) is 3.93. The second-order valence-corrected chi connectivity index (χ2v) is 3.60. The van der Waals surface area contributed by atoms with Gasteiger partial charge in [0.25, 0.3) is 0 Å². The summed E-state index contributed by atoms with van der Waals surface area (Å²) in [6.45, 7) is 2.02. The molecule has 0 aliphatic heterocycles. The average Bonchev–Trinajstić information content (AvgIpc) is 2.29. The Morgan fingerprint density at radius 3 is 2.47 bits per heavy atom. The molecular formula is C13H13NO. The van der Waals surface area contributed by atoms with E-state index >= 15 is 0 Å². The summed E-state index contributed by atoms with van der Waals surface area (Å²) >= 11 is 0. The Morgan fingerprint density at radius 1 is 1.07 bits per heavy atom. The van der Waals surface area contributed by atoms with Crippen molar-refractivity contribution < 1.29 is 5.11 Å². The quantitative estimate of drug-likeness (QED) is 0.806. The van der Waals surface area contributed by atoms with Crippen LogP contribution >= 0.6 is 0 Å². The summed E-state index contributed by atoms with van der Waals surface area (Å²) in [7, 11) is 0. The molecule has 0 saturated heterocycles. The molecule has 0 fully saturated rings. The Morgan fingerprint density at radius 2 is 1.80 bits per heavy atom. The second-order valence-electron chi connectivity index (χ2n) is 3.60. The number of benzene rings is 1. The molecule has 0 saturated carbocycles. The van der Waals surface area contributed by atoms with Gasteiger partial charge in [0, 0.05) is 12.4 Å². The topological polar surface area (TPSA) is 33.1 Å². The van der Waals surface area contributed by atoms with Crippen LogP contribution in [0.5, 0.6) is 0 Å². The van der Waals surface area contributed by atoms with Gasteiger partial charge in [-0.2, -0.15) is 0 Å². The molecule has 2 nitrogen and oxygen atoms in total. The lowest BCUT2D eigenvalue weighted by Gasteiger charge is -2.11. The summed E-state index contributed by atoms with van der Waals surface area (Å²) in [5.74, 6) is 0. The largest absolute Gasteiger partial charge is 0.384 e. The lowest BCUT2D eigenvalue weighted by Crippen LogP contribution is -1.99. The van der Waals surface area contributed by atoms with Crippen LogP contribution in [0.25, 0.3) is 0 Å². The van der Waals surface area contributed by atoms with Crippen molar-refractivity contribution in [3.05, 3.63) is 65.5 Å². The van der Waals surface area contributed by atoms with Crippen LogP contribution in [0.3, 0.4) is 0 Å². The molecule has 2 aromatic rings. The van der Waals surface area contributed by atoms with Gasteiger partial charge >= 0.3 is 0 Å². The van der Waals surface area contributed by atoms with Crippen molar-refractivity contribution in [2.45, 2.75) is 13.0 Å². The first-order valence-corrected chi connectivity index (χ1v) is 4.92. The number of rotatable bonds is 2. The third-order valence-corrected chi connectivity index (χ3v) is 2.38. The molecule has 0 aliphatic carbocycles. The first-order chi connectivity index (χ1) is 7.27. The molecule has 1 heterocycles. The fourth-order valence-corrected chi connectivity index (χ4v) is 1.58. The highest BCUT2D eigenvalue weighted by molar-refractivity contribution is 5.31. The van der Waals surface area contributed by atoms with Crippen LogP contribution in [0.4, 0.5) is 0 Å². The minimum absolute atomic E-state index is 0.562. The summed E-state index contributed by atoms with van der Waals surface area (Å²) in [6.07, 6.45) is 2.82. The number of aliphatic hydroxyl groups is 1. The summed E-state index contributed by atoms with van der Waals surface area (Å²) in [6, 6.07) is 11.5. The van der Waals surface area contributed by atoms with Crippen molar-refractivity contribution in [2.75, 3.05) is 0 Å². The van der Waals surface area contributed by atoms with Gasteiger partial charge in [0.15, 0.2) is 0 Å². The number of aryl methyl sites for hydroxylation is 1. The first kappa shape index (κ1) is 9.87. The van der Waals surface area contributed by atoms with Crippen molar-refractivity contribution in [1.82, 2.24) is 4.98 Å². The van der Waals surface area contributed by atoms with Gasteiger partial charge in [0.05, 0.1) is 0 Å². The van der Waals surface area contributed by atoms with Gasteiger partial charge < -0.3 is 5.11 Å². The molecule has 1 N–H and O–H groups in total. The maximum atomic E-state index is 10.1. The smallest absolute Gasteiger partial charge is 0.104 e. The molecule has 1 atom stereocenters. The third kappa shape index (κ3) is 2.22. The van der Waals surface area contributed by atoms with Crippen molar-refractivity contribution in [3.8, 4) is 0 Å². The molecule has 2 heteroatoms. The summed E-state index contributed by atoms with van der Waals surface area (Å²) in [5, 5.41) is 10.1. The maximum Gasteiger partial charge on any atom is 0.104 e. The van der Waals surface area contributed by atoms with Gasteiger partial charge in [-0.1, -0.05) is 29.8 Å². The zero-order chi connectivity index (χ0) is 10.7. The Bertz CT molecular complexity index is 439. The summed E-state index contributed by atoms with van der Waals surface area (Å²) in [5.41, 5.74) is 2.94. The molecule has 76 valence electrons. The Labute approximate surface area is 89.2 Å². The van der Waals surface area contributed by atoms with Crippen molar-refractivity contribution >= 4 is 0 Å². The van der Waals surface area contributed by atoms with Gasteiger partial charge in [-0.05, 0) is 30.2 Å². The monoisotopic (exact) mass is 199 g/mol. The van der Waals surface area contributed by atoms with E-state index in [-0.39, 0.29) is 0 Å². The molecular weight excluding hydrogens is 186 g/mol. The highest BCUT2D eigenvalue weighted by Crippen LogP contribution is 2.21. The normalized spacial score (nSPS) is 12.4. The molecule has 0 amide bonds. The lowest BCUT2D eigenvalue weighted by molar-refractivity contribution is 0.220. The molecule has 0 radical (unpaired) electrons. The lowest BCUT2D eigenvalue weighted by atomic mass is 10.0. The van der Waals surface area contributed by atoms with E-state index in [1.54, 1.807) is 12.4 Å². The average molecular weight is 199 g/mol. The van der Waals surface area contributed by atoms with Crippen molar-refractivity contribution in [1.29, 1.82) is 0 Å². The first-order valence-electron chi connectivity index (χ1n) is 4.92. The van der Waals surface area contributed by atoms with Crippen molar-refractivity contribution in [2.24, 2.45) is 0 Å². The predicted molar refractivity (Wildman–Crippen MR) is 59.5 cm³/mol. The van der Waals surface area contributed by atoms with E-state index in [1.807, 2.05) is 43.3 Å². The van der Waals surface area contributed by atoms with Crippen LogP contribution in [0.1, 0.15) is 22.8 Å². The molecule has 1 aromatic heterocycles. The molecule has 0 spiro atoms. The van der Waals surface area contributed by atoms with Crippen LogP contribution in [0.2, 0.25) is 0 Å². The van der Waals surface area contributed by atoms with E-state index in [0.717, 1.165) is 16.7 Å². The zero-order valence-electron chi connectivity index (χ0n) is 8.59. The fraction of sp³-hybridized carbons (Fsp3) is 0.154. The minimum Gasteiger partial charge on any atom is -0.384 e. The highest BCUT2D eigenvalue weighted by atomic mass is 16.3. The fourth-order valence-electron chi connectivity index (χ4n) is 1.58. The molecule has 0 bridgehead atoms. The molecule has 2 rings (SSSR count). The number of aromatic nitrogens is 1. The predicted octanol–water partition coefficient (Wildman–Crippen LogP) is 2.47. The van der Waals surface area contributed by atoms with E-state index in [0.29, 0.717) is 0 Å². The van der Waals surface area contributed by atoms with E-state index in [2.05, 4.69) is 4.98 Å². The Hall–Kier alpha value is -1.67. The summed E-state index contributed by atoms with van der Waals surface area (Å²) < 4.78 is 0. The van der Waals surface area contributed by atoms with E-state index in [4.69, 9.17) is 0 Å². The molecule has 0 unspecified atom stereocenters. The third-order valence-electron chi connectivity index (χ3n) is 2.38. The van der Waals surface area contributed by atoms with Gasteiger partial charge in [-0.25, -0.2) is 0 Å². The van der Waals surface area contributed by atoms with E-state index < -0.39 is 6.10 Å². The molecule has 1 aromatic carbocycles. The van der Waals surface area contributed by atoms with E-state index in [9.17, 15) is 5.11 Å². The van der Waals surface area contributed by atoms with Crippen LogP contribution < -0.4 is 0 Å². The van der Waals surface area contributed by atoms with Crippen LogP contribution in [0.15, 0.2) is 48.8 Å². The number of hydrogen-bond donors (Lipinski definition) is 1. The SMILES string of the molecule is Cc1cccc([C@@H](O)c2ccncc2)c1.